The lowest BCUT2D eigenvalue weighted by molar-refractivity contribution is 0.0106. The van der Waals surface area contributed by atoms with E-state index in [4.69, 9.17) is 9.72 Å². The number of sulfone groups is 1. The molecule has 0 aliphatic heterocycles. The SMILES string of the molecule is COCCNc1nc(C)c(-c2nc3c(C)nccc3s2)c(N[C@@H]2C[C@H](C(C)(C)S(C)(=O)=O)[C@@H](O)[C@H]2O)n1. The Bertz CT molecular complexity index is 1390. The van der Waals surface area contributed by atoms with Gasteiger partial charge in [0.25, 0.3) is 0 Å². The molecule has 13 heteroatoms. The van der Waals surface area contributed by atoms with E-state index in [1.54, 1.807) is 27.2 Å². The van der Waals surface area contributed by atoms with Gasteiger partial charge in [-0.15, -0.1) is 11.3 Å². The van der Waals surface area contributed by atoms with Crippen molar-refractivity contribution >= 4 is 43.2 Å². The van der Waals surface area contributed by atoms with Crippen LogP contribution in [0.4, 0.5) is 11.8 Å². The molecule has 0 unspecified atom stereocenters. The van der Waals surface area contributed by atoms with E-state index in [1.165, 1.54) is 11.3 Å². The van der Waals surface area contributed by atoms with E-state index in [2.05, 4.69) is 25.6 Å². The predicted octanol–water partition coefficient (Wildman–Crippen LogP) is 2.17. The maximum atomic E-state index is 12.5. The van der Waals surface area contributed by atoms with Crippen molar-refractivity contribution in [2.75, 3.05) is 37.2 Å². The van der Waals surface area contributed by atoms with Crippen molar-refractivity contribution in [3.63, 3.8) is 0 Å². The minimum Gasteiger partial charge on any atom is -0.390 e. The molecule has 0 spiro atoms. The number of nitrogens with zero attached hydrogens (tertiary/aromatic N) is 4. The fourth-order valence-electron chi connectivity index (χ4n) is 4.68. The zero-order valence-corrected chi connectivity index (χ0v) is 23.4. The Hall–Kier alpha value is -2.45. The lowest BCUT2D eigenvalue weighted by Gasteiger charge is -2.32. The van der Waals surface area contributed by atoms with Gasteiger partial charge in [-0.3, -0.25) is 4.98 Å². The largest absolute Gasteiger partial charge is 0.390 e. The van der Waals surface area contributed by atoms with Crippen LogP contribution in [0.3, 0.4) is 0 Å². The minimum absolute atomic E-state index is 0.236. The standard InChI is InChI=1S/C24H34N6O5S2/c1-12-17(22-29-18-13(2)25-8-7-16(18)36-22)21(30-23(27-12)26-9-10-35-5)28-15-11-14(19(31)20(15)32)24(3,4)37(6,33)34/h7-8,14-15,19-20,31-32H,9-11H2,1-6H3,(H2,26,27,28,30)/t14-,15+,19+,20-/m0/s1. The molecule has 37 heavy (non-hydrogen) atoms. The second-order valence-electron chi connectivity index (χ2n) is 9.99. The zero-order valence-electron chi connectivity index (χ0n) is 21.8. The normalized spacial score (nSPS) is 22.5. The molecule has 4 N–H and O–H groups in total. The first-order valence-electron chi connectivity index (χ1n) is 12.0. The van der Waals surface area contributed by atoms with Gasteiger partial charge in [0.1, 0.15) is 22.4 Å². The van der Waals surface area contributed by atoms with Gasteiger partial charge in [-0.1, -0.05) is 0 Å². The molecule has 11 nitrogen and oxygen atoms in total. The van der Waals surface area contributed by atoms with Crippen LogP contribution in [-0.4, -0.2) is 88.1 Å². The molecule has 0 amide bonds. The van der Waals surface area contributed by atoms with E-state index < -0.39 is 38.8 Å². The van der Waals surface area contributed by atoms with Crippen molar-refractivity contribution in [2.24, 2.45) is 5.92 Å². The summed E-state index contributed by atoms with van der Waals surface area (Å²) in [5.41, 5.74) is 2.95. The second-order valence-corrected chi connectivity index (χ2v) is 13.6. The quantitative estimate of drug-likeness (QED) is 0.289. The molecule has 1 saturated carbocycles. The van der Waals surface area contributed by atoms with Crippen molar-refractivity contribution in [3.8, 4) is 10.6 Å². The van der Waals surface area contributed by atoms with Gasteiger partial charge in [-0.25, -0.2) is 18.4 Å². The maximum Gasteiger partial charge on any atom is 0.224 e. The van der Waals surface area contributed by atoms with Crippen LogP contribution in [0.15, 0.2) is 12.3 Å². The summed E-state index contributed by atoms with van der Waals surface area (Å²) in [6.07, 6.45) is 0.719. The van der Waals surface area contributed by atoms with Crippen LogP contribution >= 0.6 is 11.3 Å². The lowest BCUT2D eigenvalue weighted by Crippen LogP contribution is -2.45. The number of rotatable bonds is 9. The number of anilines is 2. The lowest BCUT2D eigenvalue weighted by atomic mass is 9.91. The van der Waals surface area contributed by atoms with Crippen LogP contribution in [0.2, 0.25) is 0 Å². The number of aliphatic hydroxyl groups is 2. The molecule has 202 valence electrons. The molecule has 0 aromatic carbocycles. The van der Waals surface area contributed by atoms with Crippen LogP contribution in [0.25, 0.3) is 20.8 Å². The third kappa shape index (κ3) is 5.28. The van der Waals surface area contributed by atoms with Gasteiger partial charge < -0.3 is 25.6 Å². The van der Waals surface area contributed by atoms with Gasteiger partial charge in [-0.2, -0.15) is 4.98 Å². The van der Waals surface area contributed by atoms with E-state index in [1.807, 2.05) is 19.9 Å². The highest BCUT2D eigenvalue weighted by molar-refractivity contribution is 7.92. The number of aromatic nitrogens is 4. The first-order valence-corrected chi connectivity index (χ1v) is 14.7. The molecule has 4 atom stereocenters. The zero-order chi connectivity index (χ0) is 27.1. The maximum absolute atomic E-state index is 12.5. The van der Waals surface area contributed by atoms with Crippen LogP contribution < -0.4 is 10.6 Å². The number of thiazole rings is 1. The number of hydrogen-bond acceptors (Lipinski definition) is 12. The summed E-state index contributed by atoms with van der Waals surface area (Å²) in [5.74, 6) is 0.142. The molecular weight excluding hydrogens is 516 g/mol. The van der Waals surface area contributed by atoms with Gasteiger partial charge in [0, 0.05) is 32.0 Å². The molecule has 0 saturated heterocycles. The molecular formula is C24H34N6O5S2. The topological polar surface area (TPSA) is 159 Å². The molecule has 3 heterocycles. The Morgan fingerprint density at radius 1 is 1.16 bits per heavy atom. The number of aliphatic hydroxyl groups excluding tert-OH is 2. The molecule has 0 bridgehead atoms. The van der Waals surface area contributed by atoms with Gasteiger partial charge in [0.15, 0.2) is 9.84 Å². The Kier molecular flexibility index (Phi) is 7.73. The van der Waals surface area contributed by atoms with Gasteiger partial charge in [0.2, 0.25) is 5.95 Å². The van der Waals surface area contributed by atoms with E-state index in [-0.39, 0.29) is 6.42 Å². The van der Waals surface area contributed by atoms with Crippen molar-refractivity contribution in [1.82, 2.24) is 19.9 Å². The first-order chi connectivity index (χ1) is 17.3. The monoisotopic (exact) mass is 550 g/mol. The van der Waals surface area contributed by atoms with Crippen molar-refractivity contribution in [3.05, 3.63) is 23.7 Å². The van der Waals surface area contributed by atoms with E-state index in [9.17, 15) is 18.6 Å². The predicted molar refractivity (Wildman–Crippen MR) is 145 cm³/mol. The number of methoxy groups -OCH3 is 1. The number of ether oxygens (including phenoxy) is 1. The Balaban J connectivity index is 1.75. The Labute approximate surface area is 220 Å². The molecule has 3 aromatic rings. The second kappa shape index (κ2) is 10.4. The smallest absolute Gasteiger partial charge is 0.224 e. The minimum atomic E-state index is -3.50. The summed E-state index contributed by atoms with van der Waals surface area (Å²) in [5, 5.41) is 28.9. The van der Waals surface area contributed by atoms with E-state index in [0.29, 0.717) is 41.2 Å². The van der Waals surface area contributed by atoms with Gasteiger partial charge >= 0.3 is 0 Å². The number of nitrogens with one attached hydrogen (secondary N) is 2. The number of hydrogen-bond donors (Lipinski definition) is 4. The van der Waals surface area contributed by atoms with E-state index >= 15 is 0 Å². The third-order valence-electron chi connectivity index (χ3n) is 7.24. The highest BCUT2D eigenvalue weighted by atomic mass is 32.2. The summed E-state index contributed by atoms with van der Waals surface area (Å²) >= 11 is 1.48. The first kappa shape index (κ1) is 27.6. The summed E-state index contributed by atoms with van der Waals surface area (Å²) in [6.45, 7) is 7.89. The summed E-state index contributed by atoms with van der Waals surface area (Å²) < 4.78 is 29.8. The van der Waals surface area contributed by atoms with Crippen LogP contribution in [0.5, 0.6) is 0 Å². The Morgan fingerprint density at radius 2 is 1.89 bits per heavy atom. The molecule has 3 aromatic heterocycles. The molecule has 0 radical (unpaired) electrons. The highest BCUT2D eigenvalue weighted by Gasteiger charge is 2.52. The molecule has 1 fully saturated rings. The van der Waals surface area contributed by atoms with Crippen molar-refractivity contribution < 1.29 is 23.4 Å². The van der Waals surface area contributed by atoms with Gasteiger partial charge in [-0.05, 0) is 40.2 Å². The van der Waals surface area contributed by atoms with Crippen molar-refractivity contribution in [1.29, 1.82) is 0 Å². The van der Waals surface area contributed by atoms with Crippen LogP contribution in [0, 0.1) is 19.8 Å². The fraction of sp³-hybridized carbons (Fsp3) is 0.583. The Morgan fingerprint density at radius 3 is 2.54 bits per heavy atom. The summed E-state index contributed by atoms with van der Waals surface area (Å²) in [6, 6.07) is 1.27. The van der Waals surface area contributed by atoms with Gasteiger partial charge in [0.05, 0.1) is 45.2 Å². The summed E-state index contributed by atoms with van der Waals surface area (Å²) in [7, 11) is -1.89. The average molecular weight is 551 g/mol. The number of aryl methyl sites for hydroxylation is 2. The molecule has 1 aliphatic rings. The summed E-state index contributed by atoms with van der Waals surface area (Å²) in [4.78, 5) is 18.4. The van der Waals surface area contributed by atoms with Crippen LogP contribution in [0.1, 0.15) is 31.7 Å². The average Bonchev–Trinajstić information content (AvgIpc) is 3.36. The highest BCUT2D eigenvalue weighted by Crippen LogP contribution is 2.42. The third-order valence-corrected chi connectivity index (χ3v) is 10.5. The van der Waals surface area contributed by atoms with Crippen LogP contribution in [-0.2, 0) is 14.6 Å². The number of pyridine rings is 1. The van der Waals surface area contributed by atoms with E-state index in [0.717, 1.165) is 22.2 Å². The van der Waals surface area contributed by atoms with Crippen molar-refractivity contribution in [2.45, 2.75) is 57.1 Å². The molecule has 1 aliphatic carbocycles. The number of fused-ring (bicyclic) bond motifs is 1. The fourth-order valence-corrected chi connectivity index (χ4v) is 6.58. The molecule has 4 rings (SSSR count).